The first kappa shape index (κ1) is 15.8. The van der Waals surface area contributed by atoms with Crippen molar-refractivity contribution in [3.63, 3.8) is 0 Å². The maximum atomic E-state index is 12.2. The van der Waals surface area contributed by atoms with Gasteiger partial charge in [0.15, 0.2) is 0 Å². The van der Waals surface area contributed by atoms with Crippen molar-refractivity contribution in [2.75, 3.05) is 25.1 Å². The van der Waals surface area contributed by atoms with Crippen LogP contribution in [-0.4, -0.2) is 52.6 Å². The molecule has 0 aliphatic carbocycles. The van der Waals surface area contributed by atoms with Crippen molar-refractivity contribution in [3.05, 3.63) is 47.5 Å². The second-order valence-corrected chi connectivity index (χ2v) is 5.40. The van der Waals surface area contributed by atoms with E-state index in [4.69, 9.17) is 13.9 Å². The third-order valence-electron chi connectivity index (χ3n) is 3.71. The van der Waals surface area contributed by atoms with Crippen LogP contribution in [0.15, 0.2) is 34.9 Å². The van der Waals surface area contributed by atoms with E-state index in [1.54, 1.807) is 12.1 Å². The number of benzene rings is 1. The molecule has 1 aromatic carbocycles. The summed E-state index contributed by atoms with van der Waals surface area (Å²) >= 11 is 0. The van der Waals surface area contributed by atoms with Gasteiger partial charge >= 0.3 is 6.01 Å². The van der Waals surface area contributed by atoms with Crippen molar-refractivity contribution in [2.45, 2.75) is 0 Å². The monoisotopic (exact) mass is 356 g/mol. The summed E-state index contributed by atoms with van der Waals surface area (Å²) in [6.07, 6.45) is 1.33. The minimum Gasteiger partial charge on any atom is -0.494 e. The Labute approximate surface area is 146 Å². The number of nitrogens with zero attached hydrogens (tertiary/aromatic N) is 3. The normalized spacial score (nSPS) is 15.8. The van der Waals surface area contributed by atoms with Crippen LogP contribution in [0.5, 0.6) is 0 Å². The quantitative estimate of drug-likeness (QED) is 0.792. The summed E-state index contributed by atoms with van der Waals surface area (Å²) in [4.78, 5) is 37.5. The molecule has 26 heavy (non-hydrogen) atoms. The number of carbonyl (C=O) groups is 3. The van der Waals surface area contributed by atoms with Crippen molar-refractivity contribution in [1.82, 2.24) is 15.1 Å². The van der Waals surface area contributed by atoms with Crippen LogP contribution >= 0.6 is 0 Å². The van der Waals surface area contributed by atoms with Crippen LogP contribution in [0.25, 0.3) is 5.76 Å². The Morgan fingerprint density at radius 1 is 1.12 bits per heavy atom. The molecule has 10 heteroatoms. The zero-order chi connectivity index (χ0) is 18.1. The van der Waals surface area contributed by atoms with E-state index in [0.717, 1.165) is 4.90 Å². The van der Waals surface area contributed by atoms with Gasteiger partial charge < -0.3 is 13.9 Å². The van der Waals surface area contributed by atoms with Crippen LogP contribution in [0.3, 0.4) is 0 Å². The zero-order valence-corrected chi connectivity index (χ0v) is 13.3. The average molecular weight is 356 g/mol. The molecule has 0 spiro atoms. The second-order valence-electron chi connectivity index (χ2n) is 5.40. The third-order valence-corrected chi connectivity index (χ3v) is 3.71. The number of hydrogen-bond acceptors (Lipinski definition) is 8. The smallest absolute Gasteiger partial charge is 0.322 e. The molecule has 132 valence electrons. The molecular weight excluding hydrogens is 344 g/mol. The summed E-state index contributed by atoms with van der Waals surface area (Å²) < 4.78 is 15.6. The minimum absolute atomic E-state index is 0.0423. The highest BCUT2D eigenvalue weighted by atomic mass is 16.6. The first-order valence-electron chi connectivity index (χ1n) is 7.67. The molecule has 3 amide bonds. The summed E-state index contributed by atoms with van der Waals surface area (Å²) in [5, 5.41) is 9.75. The van der Waals surface area contributed by atoms with Crippen LogP contribution in [0.2, 0.25) is 0 Å². The summed E-state index contributed by atoms with van der Waals surface area (Å²) in [6, 6.07) is 6.20. The molecule has 1 aromatic heterocycles. The van der Waals surface area contributed by atoms with Gasteiger partial charge in [-0.2, -0.15) is 0 Å². The third kappa shape index (κ3) is 2.77. The second kappa shape index (κ2) is 6.31. The Morgan fingerprint density at radius 3 is 2.50 bits per heavy atom. The fourth-order valence-electron chi connectivity index (χ4n) is 2.54. The Kier molecular flexibility index (Phi) is 3.84. The predicted molar refractivity (Wildman–Crippen MR) is 84.6 cm³/mol. The highest BCUT2D eigenvalue weighted by Gasteiger charge is 2.36. The zero-order valence-electron chi connectivity index (χ0n) is 13.3. The summed E-state index contributed by atoms with van der Waals surface area (Å²) in [5.74, 6) is -1.40. The Morgan fingerprint density at radius 2 is 1.85 bits per heavy atom. The van der Waals surface area contributed by atoms with Gasteiger partial charge in [-0.3, -0.25) is 24.6 Å². The molecule has 0 saturated heterocycles. The minimum atomic E-state index is -0.649. The van der Waals surface area contributed by atoms with Gasteiger partial charge in [0.1, 0.15) is 26.0 Å². The first-order valence-corrected chi connectivity index (χ1v) is 7.67. The Bertz CT molecular complexity index is 899. The van der Waals surface area contributed by atoms with E-state index in [0.29, 0.717) is 13.2 Å². The molecule has 3 heterocycles. The fraction of sp³-hybridized carbons (Fsp3) is 0.188. The van der Waals surface area contributed by atoms with Gasteiger partial charge in [0.05, 0.1) is 11.1 Å². The van der Waals surface area contributed by atoms with E-state index in [1.165, 1.54) is 18.4 Å². The van der Waals surface area contributed by atoms with E-state index in [-0.39, 0.29) is 28.8 Å². The molecule has 4 rings (SSSR count). The average Bonchev–Trinajstić information content (AvgIpc) is 3.22. The molecule has 0 unspecified atom stereocenters. The maximum Gasteiger partial charge on any atom is 0.322 e. The lowest BCUT2D eigenvalue weighted by Gasteiger charge is -2.12. The van der Waals surface area contributed by atoms with Crippen LogP contribution in [0.1, 0.15) is 26.6 Å². The summed E-state index contributed by atoms with van der Waals surface area (Å²) in [5.41, 5.74) is 0.540. The predicted octanol–water partition coefficient (Wildman–Crippen LogP) is 0.650. The van der Waals surface area contributed by atoms with Gasteiger partial charge in [0.2, 0.25) is 11.7 Å². The number of anilines is 1. The number of amides is 3. The van der Waals surface area contributed by atoms with Crippen molar-refractivity contribution < 1.29 is 28.3 Å². The van der Waals surface area contributed by atoms with Gasteiger partial charge in [-0.25, -0.2) is 0 Å². The van der Waals surface area contributed by atoms with Crippen molar-refractivity contribution in [2.24, 2.45) is 0 Å². The Hall–Kier alpha value is -3.69. The van der Waals surface area contributed by atoms with E-state index >= 15 is 0 Å². The molecule has 2 aromatic rings. The van der Waals surface area contributed by atoms with Crippen LogP contribution in [0, 0.1) is 0 Å². The van der Waals surface area contributed by atoms with E-state index in [2.05, 4.69) is 15.5 Å². The highest BCUT2D eigenvalue weighted by molar-refractivity contribution is 6.22. The molecule has 0 fully saturated rings. The number of fused-ring (bicyclic) bond motifs is 1. The summed E-state index contributed by atoms with van der Waals surface area (Å²) in [6.45, 7) is 0.295. The van der Waals surface area contributed by atoms with E-state index in [9.17, 15) is 14.4 Å². The largest absolute Gasteiger partial charge is 0.494 e. The maximum absolute atomic E-state index is 12.2. The fourth-order valence-corrected chi connectivity index (χ4v) is 2.54. The van der Waals surface area contributed by atoms with Crippen LogP contribution in [-0.2, 0) is 14.3 Å². The topological polar surface area (TPSA) is 124 Å². The molecule has 2 aliphatic heterocycles. The van der Waals surface area contributed by atoms with Gasteiger partial charge in [0.25, 0.3) is 17.7 Å². The number of ether oxygens (including phenoxy) is 2. The molecule has 10 nitrogen and oxygen atoms in total. The lowest BCUT2D eigenvalue weighted by atomic mass is 10.1. The highest BCUT2D eigenvalue weighted by Crippen LogP contribution is 2.22. The standard InChI is InChI=1S/C16H12N4O6/c21-12(7-20-14(22)9-3-1-2-4-10(9)15(20)23)17-16-19-18-13(26-16)11-8-24-5-6-25-11/h1-4,8H,5-7H2,(H,17,19,21). The van der Waals surface area contributed by atoms with Gasteiger partial charge in [0, 0.05) is 0 Å². The molecule has 0 radical (unpaired) electrons. The molecule has 0 saturated carbocycles. The molecule has 1 N–H and O–H groups in total. The number of hydrogen-bond donors (Lipinski definition) is 1. The van der Waals surface area contributed by atoms with E-state index in [1.807, 2.05) is 0 Å². The number of rotatable bonds is 4. The van der Waals surface area contributed by atoms with Crippen molar-refractivity contribution in [1.29, 1.82) is 0 Å². The first-order chi connectivity index (χ1) is 12.6. The van der Waals surface area contributed by atoms with Crippen LogP contribution < -0.4 is 5.32 Å². The number of nitrogens with one attached hydrogen (secondary N) is 1. The van der Waals surface area contributed by atoms with Crippen molar-refractivity contribution in [3.8, 4) is 0 Å². The van der Waals surface area contributed by atoms with E-state index < -0.39 is 24.3 Å². The molecule has 2 aliphatic rings. The van der Waals surface area contributed by atoms with Gasteiger partial charge in [-0.1, -0.05) is 17.2 Å². The van der Waals surface area contributed by atoms with Gasteiger partial charge in [-0.05, 0) is 12.1 Å². The molecule has 0 bridgehead atoms. The lowest BCUT2D eigenvalue weighted by Crippen LogP contribution is -2.37. The van der Waals surface area contributed by atoms with Gasteiger partial charge in [-0.15, -0.1) is 5.10 Å². The number of imide groups is 1. The SMILES string of the molecule is O=C(CN1C(=O)c2ccccc2C1=O)Nc1nnc(C2=COCCO2)o1. The summed E-state index contributed by atoms with van der Waals surface area (Å²) in [7, 11) is 0. The number of carbonyl (C=O) groups excluding carboxylic acids is 3. The van der Waals surface area contributed by atoms with Crippen molar-refractivity contribution >= 4 is 29.5 Å². The van der Waals surface area contributed by atoms with Crippen LogP contribution in [0.4, 0.5) is 6.01 Å². The molecular formula is C16H12N4O6. The number of aromatic nitrogens is 2. The molecule has 0 atom stereocenters. The Balaban J connectivity index is 1.42. The lowest BCUT2D eigenvalue weighted by molar-refractivity contribution is -0.116.